The first-order valence-corrected chi connectivity index (χ1v) is 8.59. The fourth-order valence-electron chi connectivity index (χ4n) is 3.82. The summed E-state index contributed by atoms with van der Waals surface area (Å²) in [5.74, 6) is 2.00. The second-order valence-corrected chi connectivity index (χ2v) is 7.52. The molecule has 1 aromatic rings. The van der Waals surface area contributed by atoms with Gasteiger partial charge in [0, 0.05) is 17.5 Å². The van der Waals surface area contributed by atoms with Gasteiger partial charge in [0.25, 0.3) is 5.91 Å². The molecule has 1 aliphatic heterocycles. The first-order chi connectivity index (χ1) is 10.4. The Hall–Kier alpha value is -1.35. The zero-order chi connectivity index (χ0) is 16.3. The van der Waals surface area contributed by atoms with Crippen LogP contribution < -0.4 is 10.2 Å². The largest absolute Gasteiger partial charge is 0.327 e. The standard InChI is InChI=1S/C19H30N2O/c1-13(2)17-8-6-7-16(5)19(17)20-18(22)12-21-10-14(3)9-15(4)11-21/h6-8,13-15H,9-12H2,1-5H3,(H,20,22)/p+1/t14-,15-/m1/s1. The number of para-hydroxylation sites is 1. The van der Waals surface area contributed by atoms with Gasteiger partial charge in [-0.15, -0.1) is 0 Å². The molecule has 3 heteroatoms. The average Bonchev–Trinajstić information content (AvgIpc) is 2.39. The highest BCUT2D eigenvalue weighted by Crippen LogP contribution is 2.27. The number of anilines is 1. The van der Waals surface area contributed by atoms with Crippen LogP contribution in [0, 0.1) is 18.8 Å². The van der Waals surface area contributed by atoms with Gasteiger partial charge in [0.1, 0.15) is 0 Å². The van der Waals surface area contributed by atoms with Crippen LogP contribution >= 0.6 is 0 Å². The Morgan fingerprint density at radius 2 is 1.91 bits per heavy atom. The van der Waals surface area contributed by atoms with Crippen molar-refractivity contribution in [3.8, 4) is 0 Å². The molecule has 1 fully saturated rings. The molecule has 2 rings (SSSR count). The molecule has 0 saturated carbocycles. The quantitative estimate of drug-likeness (QED) is 0.881. The SMILES string of the molecule is Cc1cccc(C(C)C)c1NC(=O)C[NH+]1C[C@H](C)C[C@@H](C)C1. The molecule has 1 heterocycles. The van der Waals surface area contributed by atoms with Crippen molar-refractivity contribution >= 4 is 11.6 Å². The summed E-state index contributed by atoms with van der Waals surface area (Å²) in [4.78, 5) is 13.9. The van der Waals surface area contributed by atoms with E-state index in [-0.39, 0.29) is 5.91 Å². The predicted molar refractivity (Wildman–Crippen MR) is 92.4 cm³/mol. The lowest BCUT2D eigenvalue weighted by molar-refractivity contribution is -0.904. The number of amides is 1. The summed E-state index contributed by atoms with van der Waals surface area (Å²) in [6, 6.07) is 6.25. The lowest BCUT2D eigenvalue weighted by Gasteiger charge is -2.31. The summed E-state index contributed by atoms with van der Waals surface area (Å²) >= 11 is 0. The van der Waals surface area contributed by atoms with E-state index in [0.29, 0.717) is 12.5 Å². The van der Waals surface area contributed by atoms with E-state index in [2.05, 4.69) is 58.1 Å². The average molecular weight is 303 g/mol. The van der Waals surface area contributed by atoms with E-state index in [0.717, 1.165) is 36.2 Å². The Balaban J connectivity index is 2.03. The van der Waals surface area contributed by atoms with E-state index >= 15 is 0 Å². The number of likely N-dealkylation sites (tertiary alicyclic amines) is 1. The van der Waals surface area contributed by atoms with Crippen molar-refractivity contribution in [3.05, 3.63) is 29.3 Å². The summed E-state index contributed by atoms with van der Waals surface area (Å²) in [7, 11) is 0. The second kappa shape index (κ2) is 7.28. The van der Waals surface area contributed by atoms with Crippen LogP contribution in [0.3, 0.4) is 0 Å². The van der Waals surface area contributed by atoms with Crippen LogP contribution in [0.2, 0.25) is 0 Å². The first kappa shape index (κ1) is 17.0. The molecule has 122 valence electrons. The Kier molecular flexibility index (Phi) is 5.63. The molecule has 2 atom stereocenters. The molecule has 22 heavy (non-hydrogen) atoms. The Morgan fingerprint density at radius 1 is 1.27 bits per heavy atom. The number of piperidine rings is 1. The lowest BCUT2D eigenvalue weighted by Crippen LogP contribution is -3.15. The number of carbonyl (C=O) groups is 1. The molecule has 1 amide bonds. The van der Waals surface area contributed by atoms with Gasteiger partial charge in [-0.05, 0) is 30.4 Å². The van der Waals surface area contributed by atoms with Crippen molar-refractivity contribution in [2.45, 2.75) is 47.0 Å². The van der Waals surface area contributed by atoms with Crippen molar-refractivity contribution in [1.29, 1.82) is 0 Å². The lowest BCUT2D eigenvalue weighted by atomic mass is 9.92. The fourth-order valence-corrected chi connectivity index (χ4v) is 3.82. The molecule has 1 saturated heterocycles. The van der Waals surface area contributed by atoms with Gasteiger partial charge in [0.2, 0.25) is 0 Å². The van der Waals surface area contributed by atoms with Gasteiger partial charge in [-0.2, -0.15) is 0 Å². The third-order valence-corrected chi connectivity index (χ3v) is 4.68. The molecule has 3 nitrogen and oxygen atoms in total. The third-order valence-electron chi connectivity index (χ3n) is 4.68. The van der Waals surface area contributed by atoms with Gasteiger partial charge in [0.05, 0.1) is 13.1 Å². The summed E-state index contributed by atoms with van der Waals surface area (Å²) in [5.41, 5.74) is 3.39. The molecule has 0 unspecified atom stereocenters. The van der Waals surface area contributed by atoms with Crippen molar-refractivity contribution in [1.82, 2.24) is 0 Å². The van der Waals surface area contributed by atoms with Crippen molar-refractivity contribution < 1.29 is 9.69 Å². The summed E-state index contributed by atoms with van der Waals surface area (Å²) in [6.07, 6.45) is 1.29. The highest BCUT2D eigenvalue weighted by molar-refractivity contribution is 5.93. The van der Waals surface area contributed by atoms with Crippen LogP contribution in [0.15, 0.2) is 18.2 Å². The third kappa shape index (κ3) is 4.33. The number of nitrogens with one attached hydrogen (secondary N) is 2. The number of carbonyl (C=O) groups excluding carboxylic acids is 1. The van der Waals surface area contributed by atoms with Gasteiger partial charge < -0.3 is 10.2 Å². The molecule has 0 bridgehead atoms. The van der Waals surface area contributed by atoms with Crippen molar-refractivity contribution in [2.24, 2.45) is 11.8 Å². The topological polar surface area (TPSA) is 33.5 Å². The molecule has 1 aliphatic rings. The Labute approximate surface area is 135 Å². The molecule has 0 aliphatic carbocycles. The number of quaternary nitrogens is 1. The smallest absolute Gasteiger partial charge is 0.279 e. The highest BCUT2D eigenvalue weighted by atomic mass is 16.2. The minimum atomic E-state index is 0.146. The second-order valence-electron chi connectivity index (χ2n) is 7.52. The minimum absolute atomic E-state index is 0.146. The summed E-state index contributed by atoms with van der Waals surface area (Å²) < 4.78 is 0. The number of hydrogen-bond donors (Lipinski definition) is 2. The normalized spacial score (nSPS) is 25.3. The Bertz CT molecular complexity index is 514. The number of rotatable bonds is 4. The predicted octanol–water partition coefficient (Wildman–Crippen LogP) is 2.62. The van der Waals surface area contributed by atoms with Gasteiger partial charge >= 0.3 is 0 Å². The Morgan fingerprint density at radius 3 is 2.50 bits per heavy atom. The van der Waals surface area contributed by atoms with Crippen molar-refractivity contribution in [2.75, 3.05) is 25.0 Å². The fraction of sp³-hybridized carbons (Fsp3) is 0.632. The zero-order valence-electron chi connectivity index (χ0n) is 14.7. The molecular formula is C19H31N2O+. The van der Waals surface area contributed by atoms with Crippen LogP contribution in [-0.4, -0.2) is 25.5 Å². The van der Waals surface area contributed by atoms with E-state index in [4.69, 9.17) is 0 Å². The van der Waals surface area contributed by atoms with Crippen LogP contribution in [0.25, 0.3) is 0 Å². The summed E-state index contributed by atoms with van der Waals surface area (Å²) in [6.45, 7) is 13.8. The van der Waals surface area contributed by atoms with E-state index in [1.165, 1.54) is 16.9 Å². The molecular weight excluding hydrogens is 272 g/mol. The van der Waals surface area contributed by atoms with Gasteiger partial charge in [-0.1, -0.05) is 45.9 Å². The van der Waals surface area contributed by atoms with E-state index in [1.54, 1.807) is 0 Å². The maximum Gasteiger partial charge on any atom is 0.279 e. The van der Waals surface area contributed by atoms with Gasteiger partial charge in [0.15, 0.2) is 6.54 Å². The van der Waals surface area contributed by atoms with Gasteiger partial charge in [-0.25, -0.2) is 0 Å². The number of hydrogen-bond acceptors (Lipinski definition) is 1. The number of benzene rings is 1. The van der Waals surface area contributed by atoms with Crippen molar-refractivity contribution in [3.63, 3.8) is 0 Å². The van der Waals surface area contributed by atoms with E-state index in [9.17, 15) is 4.79 Å². The molecule has 1 aromatic carbocycles. The monoisotopic (exact) mass is 303 g/mol. The molecule has 0 spiro atoms. The van der Waals surface area contributed by atoms with E-state index in [1.807, 2.05) is 0 Å². The highest BCUT2D eigenvalue weighted by Gasteiger charge is 2.27. The zero-order valence-corrected chi connectivity index (χ0v) is 14.7. The van der Waals surface area contributed by atoms with Crippen LogP contribution in [-0.2, 0) is 4.79 Å². The molecule has 0 radical (unpaired) electrons. The maximum absolute atomic E-state index is 12.5. The molecule has 2 N–H and O–H groups in total. The maximum atomic E-state index is 12.5. The van der Waals surface area contributed by atoms with Crippen LogP contribution in [0.4, 0.5) is 5.69 Å². The minimum Gasteiger partial charge on any atom is -0.327 e. The van der Waals surface area contributed by atoms with Crippen LogP contribution in [0.5, 0.6) is 0 Å². The summed E-state index contributed by atoms with van der Waals surface area (Å²) in [5, 5.41) is 3.18. The number of aryl methyl sites for hydroxylation is 1. The first-order valence-electron chi connectivity index (χ1n) is 8.59. The molecule has 0 aromatic heterocycles. The van der Waals surface area contributed by atoms with Gasteiger partial charge in [-0.3, -0.25) is 4.79 Å². The van der Waals surface area contributed by atoms with E-state index < -0.39 is 0 Å². The van der Waals surface area contributed by atoms with Crippen LogP contribution in [0.1, 0.15) is 51.2 Å².